The van der Waals surface area contributed by atoms with E-state index in [4.69, 9.17) is 16.3 Å². The Morgan fingerprint density at radius 3 is 2.36 bits per heavy atom. The van der Waals surface area contributed by atoms with E-state index >= 15 is 0 Å². The molecule has 1 N–H and O–H groups in total. The molecule has 1 heterocycles. The molecule has 0 radical (unpaired) electrons. The van der Waals surface area contributed by atoms with Crippen LogP contribution >= 0.6 is 11.6 Å². The van der Waals surface area contributed by atoms with Crippen molar-refractivity contribution in [2.45, 2.75) is 45.3 Å². The van der Waals surface area contributed by atoms with Crippen LogP contribution in [0.1, 0.15) is 37.3 Å². The second-order valence-electron chi connectivity index (χ2n) is 8.32. The largest absolute Gasteiger partial charge is 0.495 e. The first-order chi connectivity index (χ1) is 15.7. The van der Waals surface area contributed by atoms with Crippen LogP contribution in [0, 0.1) is 0 Å². The minimum absolute atomic E-state index is 0.237. The maximum Gasteiger partial charge on any atom is 0.244 e. The highest BCUT2D eigenvalue weighted by Crippen LogP contribution is 2.34. The number of hydrogen-bond acceptors (Lipinski definition) is 5. The van der Waals surface area contributed by atoms with E-state index in [0.717, 1.165) is 35.8 Å². The summed E-state index contributed by atoms with van der Waals surface area (Å²) >= 11 is 6.12. The highest BCUT2D eigenvalue weighted by molar-refractivity contribution is 7.92. The van der Waals surface area contributed by atoms with Gasteiger partial charge < -0.3 is 10.1 Å². The van der Waals surface area contributed by atoms with E-state index in [9.17, 15) is 13.2 Å². The lowest BCUT2D eigenvalue weighted by atomic mass is 10.1. The van der Waals surface area contributed by atoms with Crippen LogP contribution < -0.4 is 14.4 Å². The van der Waals surface area contributed by atoms with Crippen molar-refractivity contribution in [3.05, 3.63) is 58.6 Å². The Morgan fingerprint density at radius 1 is 1.15 bits per heavy atom. The first kappa shape index (κ1) is 25.3. The molecule has 2 aromatic rings. The van der Waals surface area contributed by atoms with Gasteiger partial charge in [-0.1, -0.05) is 42.8 Å². The molecular weight excluding hydrogens is 462 g/mol. The van der Waals surface area contributed by atoms with Gasteiger partial charge in [-0.3, -0.25) is 14.0 Å². The third kappa shape index (κ3) is 6.62. The van der Waals surface area contributed by atoms with Gasteiger partial charge in [-0.2, -0.15) is 0 Å². The van der Waals surface area contributed by atoms with Gasteiger partial charge in [0.05, 0.1) is 19.1 Å². The van der Waals surface area contributed by atoms with Gasteiger partial charge in [0.25, 0.3) is 0 Å². The highest BCUT2D eigenvalue weighted by atomic mass is 35.5. The molecule has 0 unspecified atom stereocenters. The molecule has 0 bridgehead atoms. The Hall–Kier alpha value is -2.29. The average Bonchev–Trinajstić information content (AvgIpc) is 3.29. The Labute approximate surface area is 201 Å². The number of benzene rings is 2. The van der Waals surface area contributed by atoms with Crippen molar-refractivity contribution >= 4 is 33.2 Å². The molecule has 7 nitrogen and oxygen atoms in total. The standard InChI is InChI=1S/C24H32ClN3O4S/c1-4-21(28(33(3,30)31)22-15-20(25)11-12-23(22)32-2)24(29)26-16-18-7-9-19(10-8-18)17-27-13-5-6-14-27/h7-12,15,21H,4-6,13-14,16-17H2,1-3H3,(H,26,29)/t21-/m0/s1. The number of nitrogens with zero attached hydrogens (tertiary/aromatic N) is 2. The summed E-state index contributed by atoms with van der Waals surface area (Å²) in [7, 11) is -2.35. The summed E-state index contributed by atoms with van der Waals surface area (Å²) in [4.78, 5) is 15.5. The van der Waals surface area contributed by atoms with Crippen LogP contribution in [-0.2, 0) is 27.9 Å². The third-order valence-electron chi connectivity index (χ3n) is 5.80. The number of anilines is 1. The molecule has 2 aromatic carbocycles. The van der Waals surface area contributed by atoms with Crippen molar-refractivity contribution in [3.63, 3.8) is 0 Å². The third-order valence-corrected chi connectivity index (χ3v) is 7.20. The molecule has 3 rings (SSSR count). The van der Waals surface area contributed by atoms with Gasteiger partial charge in [0.15, 0.2) is 0 Å². The molecule has 1 aliphatic heterocycles. The summed E-state index contributed by atoms with van der Waals surface area (Å²) in [5, 5.41) is 3.24. The number of likely N-dealkylation sites (tertiary alicyclic amines) is 1. The number of ether oxygens (including phenoxy) is 1. The minimum Gasteiger partial charge on any atom is -0.495 e. The molecule has 1 saturated heterocycles. The summed E-state index contributed by atoms with van der Waals surface area (Å²) in [6.45, 7) is 5.31. The van der Waals surface area contributed by atoms with Gasteiger partial charge in [-0.25, -0.2) is 8.42 Å². The molecule has 0 spiro atoms. The lowest BCUT2D eigenvalue weighted by molar-refractivity contribution is -0.122. The molecule has 180 valence electrons. The van der Waals surface area contributed by atoms with Gasteiger partial charge in [-0.05, 0) is 61.7 Å². The maximum atomic E-state index is 13.1. The predicted molar refractivity (Wildman–Crippen MR) is 132 cm³/mol. The monoisotopic (exact) mass is 493 g/mol. The van der Waals surface area contributed by atoms with Crippen molar-refractivity contribution in [1.82, 2.24) is 10.2 Å². The number of hydrogen-bond donors (Lipinski definition) is 1. The Kier molecular flexibility index (Phi) is 8.62. The zero-order chi connectivity index (χ0) is 24.0. The van der Waals surface area contributed by atoms with Gasteiger partial charge in [-0.15, -0.1) is 0 Å². The van der Waals surface area contributed by atoms with Crippen molar-refractivity contribution in [2.24, 2.45) is 0 Å². The molecule has 1 fully saturated rings. The quantitative estimate of drug-likeness (QED) is 0.544. The predicted octanol–water partition coefficient (Wildman–Crippen LogP) is 3.81. The fourth-order valence-electron chi connectivity index (χ4n) is 4.14. The number of nitrogens with one attached hydrogen (secondary N) is 1. The summed E-state index contributed by atoms with van der Waals surface area (Å²) in [6, 6.07) is 11.9. The van der Waals surface area contributed by atoms with Crippen LogP contribution in [0.5, 0.6) is 5.75 Å². The molecule has 33 heavy (non-hydrogen) atoms. The summed E-state index contributed by atoms with van der Waals surface area (Å²) in [6.07, 6.45) is 3.87. The number of carbonyl (C=O) groups excluding carboxylic acids is 1. The van der Waals surface area contributed by atoms with Crippen LogP contribution in [0.4, 0.5) is 5.69 Å². The Morgan fingerprint density at radius 2 is 1.79 bits per heavy atom. The van der Waals surface area contributed by atoms with Crippen LogP contribution in [0.3, 0.4) is 0 Å². The summed E-state index contributed by atoms with van der Waals surface area (Å²) in [5.74, 6) is -0.0595. The fraction of sp³-hybridized carbons (Fsp3) is 0.458. The molecule has 1 atom stereocenters. The van der Waals surface area contributed by atoms with Crippen molar-refractivity contribution < 1.29 is 17.9 Å². The first-order valence-corrected chi connectivity index (χ1v) is 13.4. The van der Waals surface area contributed by atoms with E-state index < -0.39 is 16.1 Å². The second kappa shape index (κ2) is 11.2. The van der Waals surface area contributed by atoms with Gasteiger partial charge in [0.2, 0.25) is 15.9 Å². The van der Waals surface area contributed by atoms with Gasteiger partial charge >= 0.3 is 0 Å². The SMILES string of the molecule is CC[C@@H](C(=O)NCc1ccc(CN2CCCC2)cc1)N(c1cc(Cl)ccc1OC)S(C)(=O)=O. The van der Waals surface area contributed by atoms with Gasteiger partial charge in [0.1, 0.15) is 11.8 Å². The van der Waals surface area contributed by atoms with Crippen LogP contribution in [0.25, 0.3) is 0 Å². The number of amides is 1. The normalized spacial score (nSPS) is 15.3. The molecule has 0 aromatic heterocycles. The smallest absolute Gasteiger partial charge is 0.244 e. The molecule has 1 amide bonds. The van der Waals surface area contributed by atoms with E-state index in [1.54, 1.807) is 19.1 Å². The van der Waals surface area contributed by atoms with E-state index in [-0.39, 0.29) is 18.0 Å². The lowest BCUT2D eigenvalue weighted by Crippen LogP contribution is -2.49. The molecular formula is C24H32ClN3O4S. The average molecular weight is 494 g/mol. The fourth-order valence-corrected chi connectivity index (χ4v) is 5.51. The highest BCUT2D eigenvalue weighted by Gasteiger charge is 2.33. The number of halogens is 1. The van der Waals surface area contributed by atoms with Gasteiger partial charge in [0, 0.05) is 18.1 Å². The van der Waals surface area contributed by atoms with E-state index in [1.807, 2.05) is 12.1 Å². The number of carbonyl (C=O) groups is 1. The molecule has 1 aliphatic rings. The van der Waals surface area contributed by atoms with E-state index in [0.29, 0.717) is 17.3 Å². The minimum atomic E-state index is -3.79. The number of sulfonamides is 1. The first-order valence-electron chi connectivity index (χ1n) is 11.1. The zero-order valence-electron chi connectivity index (χ0n) is 19.4. The Balaban J connectivity index is 1.73. The molecule has 0 saturated carbocycles. The topological polar surface area (TPSA) is 79.0 Å². The van der Waals surface area contributed by atoms with Crippen molar-refractivity contribution in [3.8, 4) is 5.75 Å². The summed E-state index contributed by atoms with van der Waals surface area (Å²) < 4.78 is 31.9. The maximum absolute atomic E-state index is 13.1. The molecule has 9 heteroatoms. The summed E-state index contributed by atoms with van der Waals surface area (Å²) in [5.41, 5.74) is 2.44. The number of rotatable bonds is 10. The second-order valence-corrected chi connectivity index (χ2v) is 10.6. The van der Waals surface area contributed by atoms with Crippen LogP contribution in [0.2, 0.25) is 5.02 Å². The van der Waals surface area contributed by atoms with E-state index in [1.165, 1.54) is 31.6 Å². The number of methoxy groups -OCH3 is 1. The van der Waals surface area contributed by atoms with Crippen LogP contribution in [0.15, 0.2) is 42.5 Å². The van der Waals surface area contributed by atoms with Crippen molar-refractivity contribution in [1.29, 1.82) is 0 Å². The van der Waals surface area contributed by atoms with Crippen LogP contribution in [-0.4, -0.2) is 51.7 Å². The molecule has 0 aliphatic carbocycles. The van der Waals surface area contributed by atoms with Crippen molar-refractivity contribution in [2.75, 3.05) is 30.8 Å². The van der Waals surface area contributed by atoms with E-state index in [2.05, 4.69) is 22.3 Å². The zero-order valence-corrected chi connectivity index (χ0v) is 21.0. The lowest BCUT2D eigenvalue weighted by Gasteiger charge is -2.31. The Bertz CT molecular complexity index is 1050.